The molecule has 1 aliphatic rings. The van der Waals surface area contributed by atoms with Gasteiger partial charge in [0.1, 0.15) is 5.82 Å². The molecule has 0 amide bonds. The van der Waals surface area contributed by atoms with Crippen LogP contribution in [0.15, 0.2) is 48.9 Å². The molecule has 6 heteroatoms. The molecule has 3 heterocycles. The average Bonchev–Trinajstić information content (AvgIpc) is 3.11. The summed E-state index contributed by atoms with van der Waals surface area (Å²) in [5.41, 5.74) is 1.93. The van der Waals surface area contributed by atoms with Crippen molar-refractivity contribution >= 4 is 5.78 Å². The minimum absolute atomic E-state index is 0.0726. The largest absolute Gasteiger partial charge is 0.392 e. The number of benzene rings is 1. The second-order valence-corrected chi connectivity index (χ2v) is 5.95. The van der Waals surface area contributed by atoms with Gasteiger partial charge in [0.25, 0.3) is 0 Å². The Morgan fingerprint density at radius 3 is 2.87 bits per heavy atom. The van der Waals surface area contributed by atoms with E-state index in [0.717, 1.165) is 11.3 Å². The van der Waals surface area contributed by atoms with E-state index < -0.39 is 0 Å². The van der Waals surface area contributed by atoms with Crippen LogP contribution in [-0.4, -0.2) is 37.0 Å². The number of aliphatic hydroxyl groups excluding tert-OH is 1. The molecule has 0 unspecified atom stereocenters. The molecule has 5 nitrogen and oxygen atoms in total. The van der Waals surface area contributed by atoms with Gasteiger partial charge in [-0.15, -0.1) is 0 Å². The first-order valence-electron chi connectivity index (χ1n) is 7.65. The van der Waals surface area contributed by atoms with Crippen molar-refractivity contribution in [2.75, 3.05) is 6.54 Å². The van der Waals surface area contributed by atoms with Gasteiger partial charge in [-0.05, 0) is 30.2 Å². The Kier molecular flexibility index (Phi) is 3.55. The maximum absolute atomic E-state index is 13.1. The highest BCUT2D eigenvalue weighted by Gasteiger charge is 2.32. The van der Waals surface area contributed by atoms with E-state index in [2.05, 4.69) is 14.9 Å². The Balaban J connectivity index is 1.59. The van der Waals surface area contributed by atoms with Crippen molar-refractivity contribution in [1.29, 1.82) is 0 Å². The van der Waals surface area contributed by atoms with E-state index in [0.29, 0.717) is 25.3 Å². The van der Waals surface area contributed by atoms with E-state index in [1.54, 1.807) is 18.3 Å². The summed E-state index contributed by atoms with van der Waals surface area (Å²) in [7, 11) is 0. The van der Waals surface area contributed by atoms with E-state index in [1.165, 1.54) is 12.1 Å². The topological polar surface area (TPSA) is 53.7 Å². The van der Waals surface area contributed by atoms with Gasteiger partial charge in [0, 0.05) is 37.7 Å². The zero-order valence-corrected chi connectivity index (χ0v) is 12.5. The molecule has 118 valence electrons. The second kappa shape index (κ2) is 5.72. The van der Waals surface area contributed by atoms with Crippen LogP contribution < -0.4 is 0 Å². The van der Waals surface area contributed by atoms with Crippen LogP contribution in [0.3, 0.4) is 0 Å². The first kappa shape index (κ1) is 14.3. The highest BCUT2D eigenvalue weighted by Crippen LogP contribution is 2.33. The lowest BCUT2D eigenvalue weighted by Gasteiger charge is -2.23. The van der Waals surface area contributed by atoms with E-state index in [9.17, 15) is 9.50 Å². The van der Waals surface area contributed by atoms with Gasteiger partial charge in [-0.1, -0.05) is 12.1 Å². The standard InChI is InChI=1S/C17H17FN4O/c18-13-4-2-12(3-5-13)16-8-15(23)11-22(16)10-14-9-21-7-1-6-19-17(21)20-14/h1-7,9,15-16,23H,8,10-11H2/t15-,16-/m0/s1. The van der Waals surface area contributed by atoms with Crippen molar-refractivity contribution < 1.29 is 9.50 Å². The van der Waals surface area contributed by atoms with Crippen molar-refractivity contribution in [3.63, 3.8) is 0 Å². The normalized spacial score (nSPS) is 22.0. The molecule has 1 aromatic carbocycles. The van der Waals surface area contributed by atoms with E-state index >= 15 is 0 Å². The summed E-state index contributed by atoms with van der Waals surface area (Å²) in [6.07, 6.45) is 5.86. The summed E-state index contributed by atoms with van der Waals surface area (Å²) in [5.74, 6) is 0.422. The molecule has 0 aliphatic carbocycles. The van der Waals surface area contributed by atoms with Crippen LogP contribution in [0.1, 0.15) is 23.7 Å². The quantitative estimate of drug-likeness (QED) is 0.805. The molecule has 2 aromatic heterocycles. The number of aromatic nitrogens is 3. The van der Waals surface area contributed by atoms with Gasteiger partial charge in [0.15, 0.2) is 0 Å². The van der Waals surface area contributed by atoms with Gasteiger partial charge in [0.2, 0.25) is 5.78 Å². The van der Waals surface area contributed by atoms with Gasteiger partial charge >= 0.3 is 0 Å². The molecule has 0 radical (unpaired) electrons. The summed E-state index contributed by atoms with van der Waals surface area (Å²) in [5, 5.41) is 10.1. The summed E-state index contributed by atoms with van der Waals surface area (Å²) in [6, 6.07) is 8.44. The summed E-state index contributed by atoms with van der Waals surface area (Å²) < 4.78 is 15.0. The minimum atomic E-state index is -0.375. The molecule has 2 atom stereocenters. The highest BCUT2D eigenvalue weighted by atomic mass is 19.1. The number of hydrogen-bond donors (Lipinski definition) is 1. The second-order valence-electron chi connectivity index (χ2n) is 5.95. The molecular formula is C17H17FN4O. The van der Waals surface area contributed by atoms with Crippen LogP contribution in [0.4, 0.5) is 4.39 Å². The lowest BCUT2D eigenvalue weighted by atomic mass is 10.0. The fraction of sp³-hybridized carbons (Fsp3) is 0.294. The molecule has 1 fully saturated rings. The lowest BCUT2D eigenvalue weighted by Crippen LogP contribution is -2.24. The lowest BCUT2D eigenvalue weighted by molar-refractivity contribution is 0.172. The van der Waals surface area contributed by atoms with Gasteiger partial charge in [-0.25, -0.2) is 14.4 Å². The molecule has 0 bridgehead atoms. The SMILES string of the molecule is O[C@H]1C[C@@H](c2ccc(F)cc2)N(Cc2cn3cccnc3n2)C1. The van der Waals surface area contributed by atoms with Crippen LogP contribution in [-0.2, 0) is 6.54 Å². The van der Waals surface area contributed by atoms with Crippen molar-refractivity contribution in [2.24, 2.45) is 0 Å². The van der Waals surface area contributed by atoms with Gasteiger partial charge in [-0.3, -0.25) is 9.30 Å². The molecule has 23 heavy (non-hydrogen) atoms. The van der Waals surface area contributed by atoms with Crippen LogP contribution in [0.25, 0.3) is 5.78 Å². The molecule has 1 N–H and O–H groups in total. The fourth-order valence-corrected chi connectivity index (χ4v) is 3.25. The first-order valence-corrected chi connectivity index (χ1v) is 7.65. The summed E-state index contributed by atoms with van der Waals surface area (Å²) >= 11 is 0. The number of rotatable bonds is 3. The van der Waals surface area contributed by atoms with Crippen molar-refractivity contribution in [1.82, 2.24) is 19.3 Å². The monoisotopic (exact) mass is 312 g/mol. The van der Waals surface area contributed by atoms with Gasteiger partial charge < -0.3 is 5.11 Å². The van der Waals surface area contributed by atoms with Gasteiger partial charge in [0.05, 0.1) is 11.8 Å². The number of β-amino-alcohol motifs (C(OH)–C–C–N with tert-alkyl or cyclic N) is 1. The Hall–Kier alpha value is -2.31. The molecule has 1 aliphatic heterocycles. The predicted octanol–water partition coefficient (Wildman–Crippen LogP) is 2.18. The zero-order chi connectivity index (χ0) is 15.8. The number of likely N-dealkylation sites (tertiary alicyclic amines) is 1. The van der Waals surface area contributed by atoms with E-state index in [-0.39, 0.29) is 18.0 Å². The average molecular weight is 312 g/mol. The maximum Gasteiger partial charge on any atom is 0.233 e. The number of hydrogen-bond acceptors (Lipinski definition) is 4. The third-order valence-corrected chi connectivity index (χ3v) is 4.29. The molecule has 3 aromatic rings. The van der Waals surface area contributed by atoms with Crippen LogP contribution in [0, 0.1) is 5.82 Å². The number of nitrogens with zero attached hydrogens (tertiary/aromatic N) is 4. The zero-order valence-electron chi connectivity index (χ0n) is 12.5. The minimum Gasteiger partial charge on any atom is -0.392 e. The summed E-state index contributed by atoms with van der Waals surface area (Å²) in [6.45, 7) is 1.21. The molecular weight excluding hydrogens is 295 g/mol. The van der Waals surface area contributed by atoms with Crippen molar-refractivity contribution in [2.45, 2.75) is 25.1 Å². The first-order chi connectivity index (χ1) is 11.2. The van der Waals surface area contributed by atoms with E-state index in [1.807, 2.05) is 22.9 Å². The van der Waals surface area contributed by atoms with E-state index in [4.69, 9.17) is 0 Å². The molecule has 0 saturated carbocycles. The Morgan fingerprint density at radius 2 is 2.09 bits per heavy atom. The predicted molar refractivity (Wildman–Crippen MR) is 83.2 cm³/mol. The molecule has 4 rings (SSSR count). The number of aliphatic hydroxyl groups is 1. The van der Waals surface area contributed by atoms with Crippen LogP contribution in [0.5, 0.6) is 0 Å². The smallest absolute Gasteiger partial charge is 0.233 e. The highest BCUT2D eigenvalue weighted by molar-refractivity contribution is 5.30. The number of imidazole rings is 1. The Bertz CT molecular complexity index is 784. The maximum atomic E-state index is 13.1. The third-order valence-electron chi connectivity index (χ3n) is 4.29. The third kappa shape index (κ3) is 2.83. The summed E-state index contributed by atoms with van der Waals surface area (Å²) in [4.78, 5) is 10.9. The van der Waals surface area contributed by atoms with Gasteiger partial charge in [-0.2, -0.15) is 0 Å². The van der Waals surface area contributed by atoms with Crippen molar-refractivity contribution in [3.8, 4) is 0 Å². The number of fused-ring (bicyclic) bond motifs is 1. The molecule has 0 spiro atoms. The fourth-order valence-electron chi connectivity index (χ4n) is 3.25. The van der Waals surface area contributed by atoms with Crippen LogP contribution in [0.2, 0.25) is 0 Å². The number of halogens is 1. The van der Waals surface area contributed by atoms with Crippen molar-refractivity contribution in [3.05, 3.63) is 66.0 Å². The van der Waals surface area contributed by atoms with Crippen LogP contribution >= 0.6 is 0 Å². The Morgan fingerprint density at radius 1 is 1.26 bits per heavy atom. The Labute approximate surface area is 133 Å². The molecule has 1 saturated heterocycles.